The van der Waals surface area contributed by atoms with Crippen molar-refractivity contribution in [2.24, 2.45) is 5.92 Å². The lowest BCUT2D eigenvalue weighted by atomic mass is 10.0. The molecular formula is C19H27N5O3. The second kappa shape index (κ2) is 7.94. The molecule has 2 aromatic rings. The van der Waals surface area contributed by atoms with Crippen LogP contribution in [0.1, 0.15) is 46.4 Å². The van der Waals surface area contributed by atoms with Crippen molar-refractivity contribution in [2.45, 2.75) is 52.7 Å². The third-order valence-electron chi connectivity index (χ3n) is 4.24. The molecule has 146 valence electrons. The second-order valence-corrected chi connectivity index (χ2v) is 7.97. The van der Waals surface area contributed by atoms with Crippen molar-refractivity contribution in [1.29, 1.82) is 0 Å². The number of nitrogens with zero attached hydrogens (tertiary/aromatic N) is 4. The number of hydrogen-bond donors (Lipinski definition) is 1. The Morgan fingerprint density at radius 1 is 1.41 bits per heavy atom. The quantitative estimate of drug-likeness (QED) is 0.878. The highest BCUT2D eigenvalue weighted by Crippen LogP contribution is 2.23. The normalized spacial score (nSPS) is 17.6. The van der Waals surface area contributed by atoms with E-state index < -0.39 is 11.7 Å². The predicted molar refractivity (Wildman–Crippen MR) is 101 cm³/mol. The number of aromatic nitrogens is 3. The first-order valence-corrected chi connectivity index (χ1v) is 9.31. The Morgan fingerprint density at radius 2 is 2.22 bits per heavy atom. The van der Waals surface area contributed by atoms with E-state index in [0.717, 1.165) is 24.5 Å². The van der Waals surface area contributed by atoms with Crippen LogP contribution < -0.4 is 10.2 Å². The van der Waals surface area contributed by atoms with Crippen LogP contribution in [-0.2, 0) is 11.3 Å². The van der Waals surface area contributed by atoms with Gasteiger partial charge in [0.2, 0.25) is 11.7 Å². The maximum atomic E-state index is 11.7. The van der Waals surface area contributed by atoms with E-state index in [2.05, 4.69) is 32.3 Å². The Labute approximate surface area is 159 Å². The molecular weight excluding hydrogens is 346 g/mol. The SMILES string of the molecule is CC1CCCN(c2ccc(-c3noc(CNC(=O)OC(C)(C)C)n3)cn2)C1. The number of pyridine rings is 1. The Morgan fingerprint density at radius 3 is 2.89 bits per heavy atom. The van der Waals surface area contributed by atoms with Gasteiger partial charge in [-0.3, -0.25) is 0 Å². The Bertz CT molecular complexity index is 766. The van der Waals surface area contributed by atoms with E-state index in [0.29, 0.717) is 17.6 Å². The van der Waals surface area contributed by atoms with Crippen molar-refractivity contribution in [3.8, 4) is 11.4 Å². The summed E-state index contributed by atoms with van der Waals surface area (Å²) in [4.78, 5) is 22.8. The van der Waals surface area contributed by atoms with E-state index in [-0.39, 0.29) is 6.54 Å². The number of carbonyl (C=O) groups is 1. The summed E-state index contributed by atoms with van der Waals surface area (Å²) in [5.74, 6) is 2.42. The van der Waals surface area contributed by atoms with E-state index in [1.165, 1.54) is 12.8 Å². The number of piperidine rings is 1. The summed E-state index contributed by atoms with van der Waals surface area (Å²) in [5, 5.41) is 6.56. The van der Waals surface area contributed by atoms with Gasteiger partial charge in [-0.05, 0) is 51.7 Å². The van der Waals surface area contributed by atoms with Crippen molar-refractivity contribution in [3.05, 3.63) is 24.2 Å². The van der Waals surface area contributed by atoms with Crippen LogP contribution >= 0.6 is 0 Å². The molecule has 1 aliphatic heterocycles. The van der Waals surface area contributed by atoms with Crippen molar-refractivity contribution in [2.75, 3.05) is 18.0 Å². The van der Waals surface area contributed by atoms with Crippen LogP contribution in [0.15, 0.2) is 22.9 Å². The summed E-state index contributed by atoms with van der Waals surface area (Å²) in [7, 11) is 0. The molecule has 1 unspecified atom stereocenters. The van der Waals surface area contributed by atoms with E-state index in [9.17, 15) is 4.79 Å². The molecule has 3 rings (SSSR count). The number of alkyl carbamates (subject to hydrolysis) is 1. The van der Waals surface area contributed by atoms with Gasteiger partial charge in [0.05, 0.1) is 0 Å². The summed E-state index contributed by atoms with van der Waals surface area (Å²) in [6, 6.07) is 3.93. The second-order valence-electron chi connectivity index (χ2n) is 7.97. The molecule has 0 aromatic carbocycles. The zero-order valence-corrected chi connectivity index (χ0v) is 16.4. The van der Waals surface area contributed by atoms with Gasteiger partial charge in [0.15, 0.2) is 0 Å². The Hall–Kier alpha value is -2.64. The van der Waals surface area contributed by atoms with Gasteiger partial charge in [-0.25, -0.2) is 9.78 Å². The zero-order chi connectivity index (χ0) is 19.4. The number of amides is 1. The van der Waals surface area contributed by atoms with Crippen molar-refractivity contribution < 1.29 is 14.1 Å². The van der Waals surface area contributed by atoms with Crippen LogP contribution in [0.3, 0.4) is 0 Å². The summed E-state index contributed by atoms with van der Waals surface area (Å²) in [6.45, 7) is 9.87. The number of nitrogens with one attached hydrogen (secondary N) is 1. The van der Waals surface area contributed by atoms with Crippen molar-refractivity contribution >= 4 is 11.9 Å². The standard InChI is InChI=1S/C19H27N5O3/c1-13-6-5-9-24(12-13)15-8-7-14(10-20-15)17-22-16(27-23-17)11-21-18(25)26-19(2,3)4/h7-8,10,13H,5-6,9,11-12H2,1-4H3,(H,21,25). The molecule has 1 N–H and O–H groups in total. The first-order chi connectivity index (χ1) is 12.8. The maximum Gasteiger partial charge on any atom is 0.408 e. The van der Waals surface area contributed by atoms with Crippen LogP contribution in [0.4, 0.5) is 10.6 Å². The Balaban J connectivity index is 1.58. The van der Waals surface area contributed by atoms with Gasteiger partial charge in [-0.2, -0.15) is 4.98 Å². The van der Waals surface area contributed by atoms with E-state index >= 15 is 0 Å². The molecule has 1 atom stereocenters. The summed E-state index contributed by atoms with van der Waals surface area (Å²) >= 11 is 0. The molecule has 1 fully saturated rings. The molecule has 0 aliphatic carbocycles. The fourth-order valence-corrected chi connectivity index (χ4v) is 3.01. The maximum absolute atomic E-state index is 11.7. The number of carbonyl (C=O) groups excluding carboxylic acids is 1. The lowest BCUT2D eigenvalue weighted by Crippen LogP contribution is -2.34. The minimum absolute atomic E-state index is 0.110. The summed E-state index contributed by atoms with van der Waals surface area (Å²) < 4.78 is 10.4. The topological polar surface area (TPSA) is 93.4 Å². The van der Waals surface area contributed by atoms with Gasteiger partial charge in [0, 0.05) is 24.8 Å². The first-order valence-electron chi connectivity index (χ1n) is 9.31. The average Bonchev–Trinajstić information content (AvgIpc) is 3.08. The van der Waals surface area contributed by atoms with Crippen molar-refractivity contribution in [1.82, 2.24) is 20.4 Å². The minimum Gasteiger partial charge on any atom is -0.444 e. The van der Waals surface area contributed by atoms with Crippen molar-refractivity contribution in [3.63, 3.8) is 0 Å². The van der Waals surface area contributed by atoms with E-state index in [4.69, 9.17) is 9.26 Å². The molecule has 8 heteroatoms. The van der Waals surface area contributed by atoms with Gasteiger partial charge >= 0.3 is 6.09 Å². The molecule has 1 aliphatic rings. The third-order valence-corrected chi connectivity index (χ3v) is 4.24. The number of anilines is 1. The molecule has 1 saturated heterocycles. The van der Waals surface area contributed by atoms with Gasteiger partial charge in [-0.15, -0.1) is 0 Å². The monoisotopic (exact) mass is 373 g/mol. The third kappa shape index (κ3) is 5.42. The van der Waals surface area contributed by atoms with Crippen LogP contribution in [0.2, 0.25) is 0 Å². The predicted octanol–water partition coefficient (Wildman–Crippen LogP) is 3.39. The molecule has 2 aromatic heterocycles. The van der Waals surface area contributed by atoms with Crippen LogP contribution in [0.25, 0.3) is 11.4 Å². The number of rotatable bonds is 4. The van der Waals surface area contributed by atoms with Crippen LogP contribution in [0.5, 0.6) is 0 Å². The number of ether oxygens (including phenoxy) is 1. The van der Waals surface area contributed by atoms with Gasteiger partial charge in [-0.1, -0.05) is 12.1 Å². The van der Waals surface area contributed by atoms with Gasteiger partial charge in [0.25, 0.3) is 0 Å². The molecule has 1 amide bonds. The van der Waals surface area contributed by atoms with Gasteiger partial charge < -0.3 is 19.5 Å². The molecule has 3 heterocycles. The van der Waals surface area contributed by atoms with E-state index in [1.54, 1.807) is 27.0 Å². The lowest BCUT2D eigenvalue weighted by Gasteiger charge is -2.31. The largest absolute Gasteiger partial charge is 0.444 e. The van der Waals surface area contributed by atoms with Crippen LogP contribution in [0, 0.1) is 5.92 Å². The fraction of sp³-hybridized carbons (Fsp3) is 0.579. The summed E-state index contributed by atoms with van der Waals surface area (Å²) in [5.41, 5.74) is 0.222. The highest BCUT2D eigenvalue weighted by Gasteiger charge is 2.19. The lowest BCUT2D eigenvalue weighted by molar-refractivity contribution is 0.0518. The highest BCUT2D eigenvalue weighted by atomic mass is 16.6. The smallest absolute Gasteiger partial charge is 0.408 e. The molecule has 0 bridgehead atoms. The fourth-order valence-electron chi connectivity index (χ4n) is 3.01. The number of hydrogen-bond acceptors (Lipinski definition) is 7. The minimum atomic E-state index is -0.552. The Kier molecular flexibility index (Phi) is 5.62. The van der Waals surface area contributed by atoms with E-state index in [1.807, 2.05) is 12.1 Å². The molecule has 0 spiro atoms. The van der Waals surface area contributed by atoms with Crippen LogP contribution in [-0.4, -0.2) is 39.9 Å². The zero-order valence-electron chi connectivity index (χ0n) is 16.4. The molecule has 8 nitrogen and oxygen atoms in total. The highest BCUT2D eigenvalue weighted by molar-refractivity contribution is 5.67. The first kappa shape index (κ1) is 19.1. The molecule has 0 saturated carbocycles. The molecule has 0 radical (unpaired) electrons. The summed E-state index contributed by atoms with van der Waals surface area (Å²) in [6.07, 6.45) is 3.70. The van der Waals surface area contributed by atoms with Gasteiger partial charge in [0.1, 0.15) is 18.0 Å². The molecule has 27 heavy (non-hydrogen) atoms. The average molecular weight is 373 g/mol.